The minimum atomic E-state index is -3.78. The summed E-state index contributed by atoms with van der Waals surface area (Å²) in [6.45, 7) is 5.92. The molecule has 1 saturated heterocycles. The first-order chi connectivity index (χ1) is 16.9. The predicted octanol–water partition coefficient (Wildman–Crippen LogP) is 3.25. The van der Waals surface area contributed by atoms with Crippen LogP contribution in [0.25, 0.3) is 11.0 Å². The monoisotopic (exact) mass is 518 g/mol. The molecule has 2 aromatic carbocycles. The third kappa shape index (κ3) is 5.74. The van der Waals surface area contributed by atoms with Crippen LogP contribution < -0.4 is 14.8 Å². The summed E-state index contributed by atoms with van der Waals surface area (Å²) in [6, 6.07) is 10.7. The van der Waals surface area contributed by atoms with E-state index in [4.69, 9.17) is 9.47 Å². The number of rotatable bonds is 10. The van der Waals surface area contributed by atoms with Crippen molar-refractivity contribution in [1.82, 2.24) is 18.4 Å². The zero-order valence-electron chi connectivity index (χ0n) is 19.9. The van der Waals surface area contributed by atoms with Crippen LogP contribution in [0.2, 0.25) is 0 Å². The van der Waals surface area contributed by atoms with Gasteiger partial charge in [0, 0.05) is 19.6 Å². The molecular weight excluding hydrogens is 488 g/mol. The molecule has 1 N–H and O–H groups in total. The lowest BCUT2D eigenvalue weighted by Crippen LogP contribution is -2.45. The van der Waals surface area contributed by atoms with E-state index in [0.717, 1.165) is 17.3 Å². The smallest absolute Gasteiger partial charge is 0.245 e. The first kappa shape index (κ1) is 25.3. The maximum Gasteiger partial charge on any atom is 0.245 e. The predicted molar refractivity (Wildman–Crippen MR) is 134 cm³/mol. The number of amides is 1. The van der Waals surface area contributed by atoms with Gasteiger partial charge in [-0.3, -0.25) is 4.79 Å². The van der Waals surface area contributed by atoms with Gasteiger partial charge < -0.3 is 14.8 Å². The van der Waals surface area contributed by atoms with E-state index in [0.29, 0.717) is 68.1 Å². The third-order valence-corrected chi connectivity index (χ3v) is 8.38. The van der Waals surface area contributed by atoms with E-state index in [1.807, 2.05) is 32.0 Å². The van der Waals surface area contributed by atoms with Crippen molar-refractivity contribution >= 4 is 38.7 Å². The number of hydrogen-bond acceptors (Lipinski definition) is 8. The molecule has 188 valence electrons. The molecule has 1 amide bonds. The van der Waals surface area contributed by atoms with Gasteiger partial charge in [-0.25, -0.2) is 8.42 Å². The highest BCUT2D eigenvalue weighted by atomic mass is 32.2. The van der Waals surface area contributed by atoms with Crippen molar-refractivity contribution in [2.24, 2.45) is 5.92 Å². The largest absolute Gasteiger partial charge is 0.490 e. The van der Waals surface area contributed by atoms with Crippen LogP contribution in [0.3, 0.4) is 0 Å². The molecule has 0 bridgehead atoms. The molecule has 0 aliphatic carbocycles. The van der Waals surface area contributed by atoms with Gasteiger partial charge in [0.15, 0.2) is 11.5 Å². The zero-order valence-corrected chi connectivity index (χ0v) is 21.5. The summed E-state index contributed by atoms with van der Waals surface area (Å²) in [5, 5.41) is 2.98. The summed E-state index contributed by atoms with van der Waals surface area (Å²) in [4.78, 5) is 13.0. The Balaban J connectivity index is 1.37. The zero-order chi connectivity index (χ0) is 24.8. The molecule has 1 aromatic heterocycles. The van der Waals surface area contributed by atoms with Gasteiger partial charge >= 0.3 is 0 Å². The quantitative estimate of drug-likeness (QED) is 0.439. The number of carbonyl (C=O) groups is 1. The van der Waals surface area contributed by atoms with Crippen molar-refractivity contribution in [1.29, 1.82) is 0 Å². The molecule has 1 aliphatic heterocycles. The SMILES string of the molecule is CCOc1ccc(CCNC(=O)C2CCCN(S(=O)(=O)c3cccc4nsnc34)C2)cc1OCC. The summed E-state index contributed by atoms with van der Waals surface area (Å²) in [6.07, 6.45) is 1.91. The van der Waals surface area contributed by atoms with Crippen LogP contribution in [0.15, 0.2) is 41.3 Å². The first-order valence-electron chi connectivity index (χ1n) is 11.8. The molecule has 1 atom stereocenters. The molecule has 0 radical (unpaired) electrons. The summed E-state index contributed by atoms with van der Waals surface area (Å²) >= 11 is 0.987. The van der Waals surface area contributed by atoms with E-state index < -0.39 is 15.9 Å². The van der Waals surface area contributed by atoms with E-state index in [-0.39, 0.29) is 17.3 Å². The lowest BCUT2D eigenvalue weighted by Gasteiger charge is -2.31. The van der Waals surface area contributed by atoms with Gasteiger partial charge in [-0.05, 0) is 62.9 Å². The van der Waals surface area contributed by atoms with Gasteiger partial charge in [-0.2, -0.15) is 13.1 Å². The second kappa shape index (κ2) is 11.3. The number of sulfonamides is 1. The lowest BCUT2D eigenvalue weighted by molar-refractivity contribution is -0.126. The highest BCUT2D eigenvalue weighted by Gasteiger charge is 2.34. The van der Waals surface area contributed by atoms with E-state index in [1.165, 1.54) is 4.31 Å². The van der Waals surface area contributed by atoms with E-state index in [1.54, 1.807) is 18.2 Å². The van der Waals surface area contributed by atoms with Crippen molar-refractivity contribution in [3.8, 4) is 11.5 Å². The molecule has 35 heavy (non-hydrogen) atoms. The Labute approximate surface area is 209 Å². The van der Waals surface area contributed by atoms with Crippen molar-refractivity contribution in [3.05, 3.63) is 42.0 Å². The van der Waals surface area contributed by atoms with E-state index >= 15 is 0 Å². The molecule has 1 fully saturated rings. The highest BCUT2D eigenvalue weighted by Crippen LogP contribution is 2.29. The summed E-state index contributed by atoms with van der Waals surface area (Å²) < 4.78 is 47.6. The Morgan fingerprint density at radius 3 is 2.74 bits per heavy atom. The van der Waals surface area contributed by atoms with E-state index in [9.17, 15) is 13.2 Å². The van der Waals surface area contributed by atoms with Crippen molar-refractivity contribution < 1.29 is 22.7 Å². The van der Waals surface area contributed by atoms with Crippen LogP contribution in [0.1, 0.15) is 32.3 Å². The molecule has 0 spiro atoms. The second-order valence-electron chi connectivity index (χ2n) is 8.28. The van der Waals surface area contributed by atoms with Gasteiger partial charge in [0.25, 0.3) is 0 Å². The molecule has 1 unspecified atom stereocenters. The van der Waals surface area contributed by atoms with Crippen molar-refractivity contribution in [3.63, 3.8) is 0 Å². The maximum atomic E-state index is 13.3. The number of nitrogens with zero attached hydrogens (tertiary/aromatic N) is 3. The molecule has 3 aromatic rings. The van der Waals surface area contributed by atoms with Crippen molar-refractivity contribution in [2.75, 3.05) is 32.8 Å². The van der Waals surface area contributed by atoms with Gasteiger partial charge in [0.1, 0.15) is 15.9 Å². The number of piperidine rings is 1. The Hall–Kier alpha value is -2.76. The average molecular weight is 519 g/mol. The summed E-state index contributed by atoms with van der Waals surface area (Å²) in [7, 11) is -3.78. The van der Waals surface area contributed by atoms with Crippen LogP contribution in [-0.2, 0) is 21.2 Å². The molecule has 2 heterocycles. The minimum absolute atomic E-state index is 0.130. The highest BCUT2D eigenvalue weighted by molar-refractivity contribution is 7.89. The van der Waals surface area contributed by atoms with Gasteiger partial charge in [0.2, 0.25) is 15.9 Å². The normalized spacial score (nSPS) is 16.8. The van der Waals surface area contributed by atoms with Crippen molar-refractivity contribution in [2.45, 2.75) is 38.0 Å². The van der Waals surface area contributed by atoms with Crippen LogP contribution in [0.5, 0.6) is 11.5 Å². The molecular formula is C24H30N4O5S2. The Kier molecular flexibility index (Phi) is 8.19. The molecule has 4 rings (SSSR count). The lowest BCUT2D eigenvalue weighted by atomic mass is 9.99. The van der Waals surface area contributed by atoms with Crippen LogP contribution >= 0.6 is 11.7 Å². The fraction of sp³-hybridized carbons (Fsp3) is 0.458. The van der Waals surface area contributed by atoms with Gasteiger partial charge in [0.05, 0.1) is 30.9 Å². The van der Waals surface area contributed by atoms with Crippen LogP contribution in [-0.4, -0.2) is 60.2 Å². The van der Waals surface area contributed by atoms with Crippen LogP contribution in [0, 0.1) is 5.92 Å². The molecule has 1 aliphatic rings. The number of carbonyl (C=O) groups excluding carboxylic acids is 1. The Morgan fingerprint density at radius 2 is 1.94 bits per heavy atom. The Bertz CT molecular complexity index is 1280. The van der Waals surface area contributed by atoms with E-state index in [2.05, 4.69) is 14.1 Å². The average Bonchev–Trinajstić information content (AvgIpc) is 3.35. The number of nitrogens with one attached hydrogen (secondary N) is 1. The fourth-order valence-electron chi connectivity index (χ4n) is 4.23. The molecule has 0 saturated carbocycles. The van der Waals surface area contributed by atoms with Crippen LogP contribution in [0.4, 0.5) is 0 Å². The first-order valence-corrected chi connectivity index (χ1v) is 14.0. The number of benzene rings is 2. The standard InChI is InChI=1S/C24H30N4O5S2/c1-3-32-20-11-10-17(15-21(20)33-4-2)12-13-25-24(29)18-7-6-14-28(16-18)35(30,31)22-9-5-8-19-23(22)27-34-26-19/h5,8-11,15,18H,3-4,6-7,12-14,16H2,1-2H3,(H,25,29). The fourth-order valence-corrected chi connectivity index (χ4v) is 6.51. The molecule has 9 nitrogen and oxygen atoms in total. The number of aromatic nitrogens is 2. The number of fused-ring (bicyclic) bond motifs is 1. The topological polar surface area (TPSA) is 111 Å². The number of ether oxygens (including phenoxy) is 2. The third-order valence-electron chi connectivity index (χ3n) is 5.94. The Morgan fingerprint density at radius 1 is 1.14 bits per heavy atom. The van der Waals surface area contributed by atoms with Gasteiger partial charge in [-0.15, -0.1) is 0 Å². The summed E-state index contributed by atoms with van der Waals surface area (Å²) in [5.74, 6) is 0.867. The minimum Gasteiger partial charge on any atom is -0.490 e. The summed E-state index contributed by atoms with van der Waals surface area (Å²) in [5.41, 5.74) is 1.96. The number of hydrogen-bond donors (Lipinski definition) is 1. The second-order valence-corrected chi connectivity index (χ2v) is 10.7. The molecule has 11 heteroatoms. The van der Waals surface area contributed by atoms with Gasteiger partial charge in [-0.1, -0.05) is 12.1 Å². The maximum absolute atomic E-state index is 13.3.